The first-order chi connectivity index (χ1) is 18.7. The zero-order chi connectivity index (χ0) is 29.2. The van der Waals surface area contributed by atoms with Gasteiger partial charge in [0, 0.05) is 12.8 Å². The number of carbonyl (C=O) groups excluding carboxylic acids is 2. The fourth-order valence-corrected chi connectivity index (χ4v) is 4.66. The van der Waals surface area contributed by atoms with Crippen LogP contribution in [0.2, 0.25) is 0 Å². The van der Waals surface area contributed by atoms with E-state index in [1.54, 1.807) is 0 Å². The molecule has 0 aliphatic carbocycles. The number of esters is 2. The van der Waals surface area contributed by atoms with Gasteiger partial charge < -0.3 is 24.6 Å². The fourth-order valence-electron chi connectivity index (χ4n) is 3.87. The molecule has 0 aliphatic heterocycles. The maximum atomic E-state index is 12.4. The zero-order valence-corrected chi connectivity index (χ0v) is 25.3. The second-order valence-corrected chi connectivity index (χ2v) is 11.6. The molecular formula is C28H55O10P. The quantitative estimate of drug-likeness (QED) is 0.0570. The number of hydrogen-bond donors (Lipinski definition) is 3. The van der Waals surface area contributed by atoms with E-state index >= 15 is 0 Å². The van der Waals surface area contributed by atoms with Gasteiger partial charge in [0.1, 0.15) is 12.7 Å². The van der Waals surface area contributed by atoms with Gasteiger partial charge in [-0.05, 0) is 12.8 Å². The summed E-state index contributed by atoms with van der Waals surface area (Å²) in [6.45, 7) is 2.20. The first-order valence-electron chi connectivity index (χ1n) is 15.0. The van der Waals surface area contributed by atoms with E-state index in [2.05, 4.69) is 18.4 Å². The minimum absolute atomic E-state index is 0.189. The average Bonchev–Trinajstić information content (AvgIpc) is 2.91. The Bertz CT molecular complexity index is 646. The number of hydrogen-bond acceptors (Lipinski definition) is 9. The second-order valence-electron chi connectivity index (χ2n) is 10.1. The molecule has 10 nitrogen and oxygen atoms in total. The number of rotatable bonds is 28. The monoisotopic (exact) mass is 582 g/mol. The van der Waals surface area contributed by atoms with Gasteiger partial charge >= 0.3 is 19.8 Å². The Morgan fingerprint density at radius 3 is 1.62 bits per heavy atom. The number of phosphoric acid groups is 1. The number of aliphatic hydroxyl groups is 2. The first kappa shape index (κ1) is 38.0. The molecule has 0 aromatic rings. The van der Waals surface area contributed by atoms with Crippen LogP contribution in [0.3, 0.4) is 0 Å². The van der Waals surface area contributed by atoms with Crippen molar-refractivity contribution in [1.82, 2.24) is 0 Å². The van der Waals surface area contributed by atoms with Gasteiger partial charge in [0.15, 0.2) is 6.10 Å². The summed E-state index contributed by atoms with van der Waals surface area (Å²) >= 11 is 0. The Kier molecular flexibility index (Phi) is 25.2. The molecule has 232 valence electrons. The highest BCUT2D eigenvalue weighted by Gasteiger charge is 2.27. The molecule has 0 saturated heterocycles. The molecule has 0 amide bonds. The van der Waals surface area contributed by atoms with Crippen LogP contribution in [-0.4, -0.2) is 65.7 Å². The normalized spacial score (nSPS) is 14.5. The van der Waals surface area contributed by atoms with Gasteiger partial charge in [0.2, 0.25) is 0 Å². The molecule has 0 spiro atoms. The van der Waals surface area contributed by atoms with E-state index in [0.29, 0.717) is 12.8 Å². The maximum Gasteiger partial charge on any atom is 0.472 e. The Balaban J connectivity index is 4.38. The van der Waals surface area contributed by atoms with Gasteiger partial charge in [0.05, 0.1) is 19.8 Å². The van der Waals surface area contributed by atoms with Crippen LogP contribution in [0.25, 0.3) is 0 Å². The molecule has 0 bridgehead atoms. The Morgan fingerprint density at radius 1 is 0.667 bits per heavy atom. The van der Waals surface area contributed by atoms with Gasteiger partial charge in [-0.15, -0.1) is 0 Å². The molecule has 0 heterocycles. The van der Waals surface area contributed by atoms with Crippen LogP contribution in [0.4, 0.5) is 0 Å². The third kappa shape index (κ3) is 25.7. The Morgan fingerprint density at radius 2 is 1.10 bits per heavy atom. The van der Waals surface area contributed by atoms with Gasteiger partial charge in [-0.1, -0.05) is 104 Å². The van der Waals surface area contributed by atoms with E-state index in [4.69, 9.17) is 19.1 Å². The van der Waals surface area contributed by atoms with Crippen LogP contribution in [0.1, 0.15) is 129 Å². The largest absolute Gasteiger partial charge is 0.472 e. The molecule has 0 aliphatic rings. The summed E-state index contributed by atoms with van der Waals surface area (Å²) in [4.78, 5) is 34.2. The van der Waals surface area contributed by atoms with Crippen LogP contribution in [-0.2, 0) is 32.7 Å². The molecule has 1 unspecified atom stereocenters. The molecule has 0 aromatic heterocycles. The van der Waals surface area contributed by atoms with Crippen LogP contribution in [0.5, 0.6) is 0 Å². The Labute approximate surface area is 235 Å². The molecule has 0 fully saturated rings. The highest BCUT2D eigenvalue weighted by atomic mass is 31.2. The predicted octanol–water partition coefficient (Wildman–Crippen LogP) is 5.99. The topological polar surface area (TPSA) is 149 Å². The molecular weight excluding hydrogens is 527 g/mol. The summed E-state index contributed by atoms with van der Waals surface area (Å²) in [7, 11) is -4.58. The summed E-state index contributed by atoms with van der Waals surface area (Å²) in [5.41, 5.74) is 0. The van der Waals surface area contributed by atoms with E-state index in [-0.39, 0.29) is 19.4 Å². The molecule has 0 saturated carbocycles. The van der Waals surface area contributed by atoms with Crippen molar-refractivity contribution in [1.29, 1.82) is 0 Å². The lowest BCUT2D eigenvalue weighted by Gasteiger charge is -2.20. The lowest BCUT2D eigenvalue weighted by molar-refractivity contribution is -0.161. The van der Waals surface area contributed by atoms with Crippen molar-refractivity contribution >= 4 is 19.8 Å². The number of ether oxygens (including phenoxy) is 2. The van der Waals surface area contributed by atoms with Gasteiger partial charge in [-0.3, -0.25) is 18.6 Å². The van der Waals surface area contributed by atoms with Crippen molar-refractivity contribution in [2.45, 2.75) is 142 Å². The van der Waals surface area contributed by atoms with Crippen molar-refractivity contribution in [3.05, 3.63) is 0 Å². The van der Waals surface area contributed by atoms with Crippen LogP contribution >= 0.6 is 7.82 Å². The van der Waals surface area contributed by atoms with E-state index in [1.807, 2.05) is 0 Å². The Hall–Kier alpha value is -1.03. The molecule has 3 N–H and O–H groups in total. The van der Waals surface area contributed by atoms with Gasteiger partial charge in [0.25, 0.3) is 0 Å². The number of carbonyl (C=O) groups is 2. The van der Waals surface area contributed by atoms with Crippen LogP contribution < -0.4 is 0 Å². The maximum absolute atomic E-state index is 12.4. The summed E-state index contributed by atoms with van der Waals surface area (Å²) in [6.07, 6.45) is 15.8. The summed E-state index contributed by atoms with van der Waals surface area (Å²) < 4.78 is 32.1. The van der Waals surface area contributed by atoms with Gasteiger partial charge in [-0.25, -0.2) is 4.57 Å². The molecule has 39 heavy (non-hydrogen) atoms. The average molecular weight is 583 g/mol. The summed E-state index contributed by atoms with van der Waals surface area (Å²) in [6, 6.07) is 0. The molecule has 11 heteroatoms. The molecule has 3 atom stereocenters. The lowest BCUT2D eigenvalue weighted by Crippen LogP contribution is -2.29. The smallest absolute Gasteiger partial charge is 0.462 e. The molecule has 0 rings (SSSR count). The lowest BCUT2D eigenvalue weighted by atomic mass is 10.0. The van der Waals surface area contributed by atoms with E-state index in [1.165, 1.54) is 51.4 Å². The number of phosphoric ester groups is 1. The number of unbranched alkanes of at least 4 members (excludes halogenated alkanes) is 14. The van der Waals surface area contributed by atoms with E-state index in [0.717, 1.165) is 38.5 Å². The van der Waals surface area contributed by atoms with Crippen molar-refractivity contribution < 1.29 is 47.8 Å². The molecule has 0 aromatic carbocycles. The predicted molar refractivity (Wildman–Crippen MR) is 150 cm³/mol. The van der Waals surface area contributed by atoms with Crippen molar-refractivity contribution in [3.63, 3.8) is 0 Å². The fraction of sp³-hybridized carbons (Fsp3) is 0.929. The minimum atomic E-state index is -4.58. The highest BCUT2D eigenvalue weighted by molar-refractivity contribution is 7.47. The molecule has 0 radical (unpaired) electrons. The van der Waals surface area contributed by atoms with Crippen LogP contribution in [0, 0.1) is 0 Å². The standard InChI is InChI=1S/C28H55O10P/c1-3-5-7-9-10-11-12-13-14-15-16-18-20-28(32)38-26(23-35-27(31)19-17-8-6-4-2)24-37-39(33,34)36-22-25(30)21-29/h25-26,29-30H,3-24H2,1-2H3,(H,33,34)/t25-,26+/m0/s1. The number of aliphatic hydroxyl groups excluding tert-OH is 2. The van der Waals surface area contributed by atoms with Crippen molar-refractivity contribution in [2.75, 3.05) is 26.4 Å². The third-order valence-corrected chi connectivity index (χ3v) is 7.21. The van der Waals surface area contributed by atoms with Crippen molar-refractivity contribution in [2.24, 2.45) is 0 Å². The zero-order valence-electron chi connectivity index (χ0n) is 24.4. The van der Waals surface area contributed by atoms with Gasteiger partial charge in [-0.2, -0.15) is 0 Å². The highest BCUT2D eigenvalue weighted by Crippen LogP contribution is 2.43. The SMILES string of the molecule is CCCCCCCCCCCCCCC(=O)O[C@H](COC(=O)CCCCCC)COP(=O)(O)OC[C@@H](O)CO. The van der Waals surface area contributed by atoms with Crippen LogP contribution in [0.15, 0.2) is 0 Å². The first-order valence-corrected chi connectivity index (χ1v) is 16.5. The minimum Gasteiger partial charge on any atom is -0.462 e. The summed E-state index contributed by atoms with van der Waals surface area (Å²) in [5, 5.41) is 18.1. The second kappa shape index (κ2) is 25.9. The summed E-state index contributed by atoms with van der Waals surface area (Å²) in [5.74, 6) is -0.943. The third-order valence-electron chi connectivity index (χ3n) is 6.26. The van der Waals surface area contributed by atoms with Crippen molar-refractivity contribution in [3.8, 4) is 0 Å². The van der Waals surface area contributed by atoms with E-state index < -0.39 is 51.8 Å². The van der Waals surface area contributed by atoms with E-state index in [9.17, 15) is 24.2 Å².